The highest BCUT2D eigenvalue weighted by Crippen LogP contribution is 2.24. The van der Waals surface area contributed by atoms with Crippen molar-refractivity contribution in [3.05, 3.63) is 29.6 Å². The molecule has 1 aromatic heterocycles. The van der Waals surface area contributed by atoms with Crippen LogP contribution in [-0.2, 0) is 11.3 Å². The second-order valence-electron chi connectivity index (χ2n) is 5.08. The van der Waals surface area contributed by atoms with Gasteiger partial charge in [-0.25, -0.2) is 4.98 Å². The van der Waals surface area contributed by atoms with Gasteiger partial charge >= 0.3 is 5.97 Å². The van der Waals surface area contributed by atoms with Gasteiger partial charge in [0.15, 0.2) is 0 Å². The first-order valence-electron chi connectivity index (χ1n) is 6.25. The lowest BCUT2D eigenvalue weighted by Gasteiger charge is -2.20. The van der Waals surface area contributed by atoms with E-state index >= 15 is 0 Å². The van der Waals surface area contributed by atoms with Crippen molar-refractivity contribution in [1.82, 2.24) is 14.5 Å². The SMILES string of the molecule is Cc1ccc2c(c1)nc(C(C)N(C)C)n2CC(=O)O. The Kier molecular flexibility index (Phi) is 3.57. The molecule has 1 N–H and O–H groups in total. The standard InChI is InChI=1S/C14H19N3O2/c1-9-5-6-12-11(7-9)15-14(10(2)16(3)4)17(12)8-13(18)19/h5-7,10H,8H2,1-4H3,(H,18,19). The molecule has 0 bridgehead atoms. The highest BCUT2D eigenvalue weighted by molar-refractivity contribution is 5.79. The fraction of sp³-hybridized carbons (Fsp3) is 0.429. The van der Waals surface area contributed by atoms with Crippen LogP contribution in [0.3, 0.4) is 0 Å². The fourth-order valence-corrected chi connectivity index (χ4v) is 2.11. The summed E-state index contributed by atoms with van der Waals surface area (Å²) in [5.74, 6) is -0.0694. The Morgan fingerprint density at radius 2 is 2.16 bits per heavy atom. The zero-order chi connectivity index (χ0) is 14.2. The van der Waals surface area contributed by atoms with Crippen molar-refractivity contribution in [2.75, 3.05) is 14.1 Å². The number of hydrogen-bond donors (Lipinski definition) is 1. The monoisotopic (exact) mass is 261 g/mol. The first-order chi connectivity index (χ1) is 8.90. The lowest BCUT2D eigenvalue weighted by Crippen LogP contribution is -2.22. The molecule has 0 spiro atoms. The van der Waals surface area contributed by atoms with E-state index in [4.69, 9.17) is 5.11 Å². The number of fused-ring (bicyclic) bond motifs is 1. The molecule has 1 unspecified atom stereocenters. The van der Waals surface area contributed by atoms with E-state index in [1.54, 1.807) is 4.57 Å². The maximum absolute atomic E-state index is 11.1. The van der Waals surface area contributed by atoms with E-state index in [0.717, 1.165) is 22.4 Å². The molecule has 0 aliphatic heterocycles. The number of rotatable bonds is 4. The third kappa shape index (κ3) is 2.61. The molecule has 2 aromatic rings. The summed E-state index contributed by atoms with van der Waals surface area (Å²) in [6.07, 6.45) is 0. The molecule has 1 aromatic carbocycles. The Bertz CT molecular complexity index is 616. The van der Waals surface area contributed by atoms with Gasteiger partial charge in [-0.3, -0.25) is 9.69 Å². The van der Waals surface area contributed by atoms with Gasteiger partial charge in [0.25, 0.3) is 0 Å². The van der Waals surface area contributed by atoms with Crippen molar-refractivity contribution in [3.8, 4) is 0 Å². The maximum Gasteiger partial charge on any atom is 0.323 e. The van der Waals surface area contributed by atoms with Gasteiger partial charge < -0.3 is 9.67 Å². The van der Waals surface area contributed by atoms with E-state index in [0.29, 0.717) is 0 Å². The highest BCUT2D eigenvalue weighted by atomic mass is 16.4. The normalized spacial score (nSPS) is 13.1. The minimum absolute atomic E-state index is 0.0621. The van der Waals surface area contributed by atoms with Crippen LogP contribution in [0.15, 0.2) is 18.2 Å². The Hall–Kier alpha value is -1.88. The summed E-state index contributed by atoms with van der Waals surface area (Å²) in [5, 5.41) is 9.08. The molecular weight excluding hydrogens is 242 g/mol. The molecule has 2 rings (SSSR count). The molecule has 5 heteroatoms. The highest BCUT2D eigenvalue weighted by Gasteiger charge is 2.19. The number of carboxylic acid groups (broad SMARTS) is 1. The summed E-state index contributed by atoms with van der Waals surface area (Å²) >= 11 is 0. The predicted octanol–water partition coefficient (Wildman–Crippen LogP) is 2.05. The number of aliphatic carboxylic acids is 1. The van der Waals surface area contributed by atoms with Gasteiger partial charge in [-0.2, -0.15) is 0 Å². The maximum atomic E-state index is 11.1. The molecule has 0 aliphatic carbocycles. The molecule has 0 amide bonds. The number of aromatic nitrogens is 2. The molecule has 19 heavy (non-hydrogen) atoms. The number of carboxylic acids is 1. The second-order valence-corrected chi connectivity index (χ2v) is 5.08. The van der Waals surface area contributed by atoms with E-state index in [1.807, 2.05) is 51.0 Å². The molecule has 102 valence electrons. The number of hydrogen-bond acceptors (Lipinski definition) is 3. The van der Waals surface area contributed by atoms with E-state index in [-0.39, 0.29) is 12.6 Å². The molecule has 0 aliphatic rings. The van der Waals surface area contributed by atoms with Crippen LogP contribution in [-0.4, -0.2) is 39.6 Å². The third-order valence-corrected chi connectivity index (χ3v) is 3.37. The van der Waals surface area contributed by atoms with Crippen molar-refractivity contribution >= 4 is 17.0 Å². The van der Waals surface area contributed by atoms with Crippen LogP contribution >= 0.6 is 0 Å². The zero-order valence-electron chi connectivity index (χ0n) is 11.7. The first kappa shape index (κ1) is 13.5. The smallest absolute Gasteiger partial charge is 0.323 e. The third-order valence-electron chi connectivity index (χ3n) is 3.37. The lowest BCUT2D eigenvalue weighted by molar-refractivity contribution is -0.137. The number of benzene rings is 1. The summed E-state index contributed by atoms with van der Waals surface area (Å²) < 4.78 is 1.78. The Balaban J connectivity index is 2.63. The fourth-order valence-electron chi connectivity index (χ4n) is 2.11. The summed E-state index contributed by atoms with van der Waals surface area (Å²) in [6, 6.07) is 5.96. The van der Waals surface area contributed by atoms with Gasteiger partial charge in [-0.05, 0) is 45.6 Å². The van der Waals surface area contributed by atoms with Crippen molar-refractivity contribution in [2.24, 2.45) is 0 Å². The molecule has 1 heterocycles. The number of aryl methyl sites for hydroxylation is 1. The molecule has 0 saturated heterocycles. The average Bonchev–Trinajstić information content (AvgIpc) is 2.65. The van der Waals surface area contributed by atoms with Crippen LogP contribution in [0.4, 0.5) is 0 Å². The quantitative estimate of drug-likeness (QED) is 0.915. The minimum atomic E-state index is -0.855. The topological polar surface area (TPSA) is 58.4 Å². The predicted molar refractivity (Wildman–Crippen MR) is 74.2 cm³/mol. The molecular formula is C14H19N3O2. The van der Waals surface area contributed by atoms with Gasteiger partial charge in [-0.15, -0.1) is 0 Å². The van der Waals surface area contributed by atoms with Crippen molar-refractivity contribution in [3.63, 3.8) is 0 Å². The van der Waals surface area contributed by atoms with Gasteiger partial charge in [-0.1, -0.05) is 6.07 Å². The van der Waals surface area contributed by atoms with Crippen LogP contribution in [0, 0.1) is 6.92 Å². The number of imidazole rings is 1. The first-order valence-corrected chi connectivity index (χ1v) is 6.25. The van der Waals surface area contributed by atoms with Crippen LogP contribution in [0.5, 0.6) is 0 Å². The van der Waals surface area contributed by atoms with Gasteiger partial charge in [0.2, 0.25) is 0 Å². The van der Waals surface area contributed by atoms with Crippen molar-refractivity contribution in [1.29, 1.82) is 0 Å². The zero-order valence-corrected chi connectivity index (χ0v) is 11.7. The Morgan fingerprint density at radius 3 is 2.74 bits per heavy atom. The second kappa shape index (κ2) is 5.01. The lowest BCUT2D eigenvalue weighted by atomic mass is 10.2. The van der Waals surface area contributed by atoms with E-state index in [1.165, 1.54) is 0 Å². The van der Waals surface area contributed by atoms with E-state index in [2.05, 4.69) is 4.98 Å². The average molecular weight is 261 g/mol. The molecule has 0 radical (unpaired) electrons. The number of carbonyl (C=O) groups is 1. The molecule has 1 atom stereocenters. The number of nitrogens with zero attached hydrogens (tertiary/aromatic N) is 3. The molecule has 5 nitrogen and oxygen atoms in total. The van der Waals surface area contributed by atoms with Crippen molar-refractivity contribution < 1.29 is 9.90 Å². The van der Waals surface area contributed by atoms with Crippen LogP contribution < -0.4 is 0 Å². The van der Waals surface area contributed by atoms with Gasteiger partial charge in [0, 0.05) is 0 Å². The summed E-state index contributed by atoms with van der Waals surface area (Å²) in [4.78, 5) is 17.7. The summed E-state index contributed by atoms with van der Waals surface area (Å²) in [7, 11) is 3.92. The van der Waals surface area contributed by atoms with E-state index in [9.17, 15) is 4.79 Å². The van der Waals surface area contributed by atoms with Gasteiger partial charge in [0.1, 0.15) is 12.4 Å². The van der Waals surface area contributed by atoms with Gasteiger partial charge in [0.05, 0.1) is 17.1 Å². The minimum Gasteiger partial charge on any atom is -0.480 e. The van der Waals surface area contributed by atoms with Crippen LogP contribution in [0.2, 0.25) is 0 Å². The van der Waals surface area contributed by atoms with Crippen molar-refractivity contribution in [2.45, 2.75) is 26.4 Å². The Morgan fingerprint density at radius 1 is 1.47 bits per heavy atom. The van der Waals surface area contributed by atoms with E-state index < -0.39 is 5.97 Å². The Labute approximate surface area is 112 Å². The molecule has 0 saturated carbocycles. The van der Waals surface area contributed by atoms with Crippen LogP contribution in [0.1, 0.15) is 24.4 Å². The largest absolute Gasteiger partial charge is 0.480 e. The summed E-state index contributed by atoms with van der Waals surface area (Å²) in [5.41, 5.74) is 2.85. The van der Waals surface area contributed by atoms with Crippen LogP contribution in [0.25, 0.3) is 11.0 Å². The summed E-state index contributed by atoms with van der Waals surface area (Å²) in [6.45, 7) is 3.96. The molecule has 0 fully saturated rings.